The summed E-state index contributed by atoms with van der Waals surface area (Å²) in [6.07, 6.45) is 0.179. The molecule has 1 atom stereocenters. The minimum Gasteiger partial charge on any atom is -0.466 e. The summed E-state index contributed by atoms with van der Waals surface area (Å²) in [5.41, 5.74) is 8.80. The second-order valence-corrected chi connectivity index (χ2v) is 5.86. The minimum absolute atomic E-state index is 0.0521. The quantitative estimate of drug-likeness (QED) is 0.407. The van der Waals surface area contributed by atoms with Gasteiger partial charge in [0.1, 0.15) is 6.61 Å². The summed E-state index contributed by atoms with van der Waals surface area (Å²) in [4.78, 5) is 35.3. The fraction of sp³-hybridized carbons (Fsp3) is 0.526. The number of hydrogen-bond donors (Lipinski definition) is 1. The lowest BCUT2D eigenvalue weighted by Gasteiger charge is -2.19. The molecule has 0 aliphatic rings. The molecule has 0 saturated heterocycles. The number of ether oxygens (including phenoxy) is 3. The number of carbonyl (C=O) groups excluding carboxylic acids is 3. The topological polar surface area (TPSA) is 105 Å². The molecule has 0 amide bonds. The zero-order valence-corrected chi connectivity index (χ0v) is 15.8. The molecule has 7 nitrogen and oxygen atoms in total. The van der Waals surface area contributed by atoms with E-state index in [1.165, 1.54) is 6.92 Å². The van der Waals surface area contributed by atoms with Crippen molar-refractivity contribution in [1.29, 1.82) is 0 Å². The Bertz CT molecular complexity index is 656. The van der Waals surface area contributed by atoms with Crippen LogP contribution in [0, 0.1) is 12.8 Å². The van der Waals surface area contributed by atoms with E-state index in [0.717, 1.165) is 16.7 Å². The molecule has 7 heteroatoms. The summed E-state index contributed by atoms with van der Waals surface area (Å²) in [7, 11) is 0. The molecule has 0 unspecified atom stereocenters. The van der Waals surface area contributed by atoms with E-state index in [9.17, 15) is 14.4 Å². The number of nitrogens with two attached hydrogens (primary N) is 1. The highest BCUT2D eigenvalue weighted by Gasteiger charge is 2.26. The Morgan fingerprint density at radius 3 is 2.31 bits per heavy atom. The minimum atomic E-state index is -0.687. The predicted molar refractivity (Wildman–Crippen MR) is 96.1 cm³/mol. The van der Waals surface area contributed by atoms with Crippen molar-refractivity contribution in [2.45, 2.75) is 47.1 Å². The summed E-state index contributed by atoms with van der Waals surface area (Å²) in [6, 6.07) is 3.51. The largest absolute Gasteiger partial charge is 0.466 e. The van der Waals surface area contributed by atoms with Crippen LogP contribution in [0.4, 0.5) is 5.69 Å². The average molecular weight is 365 g/mol. The van der Waals surface area contributed by atoms with Crippen LogP contribution in [0.15, 0.2) is 12.1 Å². The number of carbonyl (C=O) groups is 3. The Morgan fingerprint density at radius 1 is 1.08 bits per heavy atom. The molecule has 0 radical (unpaired) electrons. The van der Waals surface area contributed by atoms with Crippen molar-refractivity contribution in [3.05, 3.63) is 28.8 Å². The van der Waals surface area contributed by atoms with Gasteiger partial charge in [-0.05, 0) is 49.9 Å². The van der Waals surface area contributed by atoms with Crippen LogP contribution < -0.4 is 5.73 Å². The Morgan fingerprint density at radius 2 is 1.73 bits per heavy atom. The highest BCUT2D eigenvalue weighted by Crippen LogP contribution is 2.25. The first kappa shape index (κ1) is 21.5. The van der Waals surface area contributed by atoms with Gasteiger partial charge in [-0.2, -0.15) is 0 Å². The van der Waals surface area contributed by atoms with E-state index in [1.54, 1.807) is 26.0 Å². The van der Waals surface area contributed by atoms with E-state index < -0.39 is 23.8 Å². The lowest BCUT2D eigenvalue weighted by Crippen LogP contribution is -2.25. The average Bonchev–Trinajstić information content (AvgIpc) is 2.57. The molecule has 0 aliphatic heterocycles. The Labute approximate surface area is 153 Å². The standard InChI is InChI=1S/C19H27NO6/c1-5-24-18(22)10-15(19(23)25-6-2)9-14-7-8-17(20)12(3)16(14)11-26-13(4)21/h7-8,15H,5-6,9-11,20H2,1-4H3/t15-/m0/s1. The molecule has 2 N–H and O–H groups in total. The molecule has 0 bridgehead atoms. The first-order valence-corrected chi connectivity index (χ1v) is 8.62. The second-order valence-electron chi connectivity index (χ2n) is 5.86. The van der Waals surface area contributed by atoms with Crippen molar-refractivity contribution in [1.82, 2.24) is 0 Å². The van der Waals surface area contributed by atoms with E-state index >= 15 is 0 Å². The molecule has 0 fully saturated rings. The molecule has 1 aromatic carbocycles. The van der Waals surface area contributed by atoms with Gasteiger partial charge in [0.15, 0.2) is 0 Å². The fourth-order valence-corrected chi connectivity index (χ4v) is 2.58. The normalized spacial score (nSPS) is 11.5. The molecule has 0 saturated carbocycles. The van der Waals surface area contributed by atoms with Crippen molar-refractivity contribution in [2.75, 3.05) is 18.9 Å². The van der Waals surface area contributed by atoms with E-state index in [0.29, 0.717) is 5.69 Å². The monoisotopic (exact) mass is 365 g/mol. The van der Waals surface area contributed by atoms with Gasteiger partial charge >= 0.3 is 17.9 Å². The van der Waals surface area contributed by atoms with Gasteiger partial charge in [0.05, 0.1) is 25.6 Å². The molecule has 1 aromatic rings. The van der Waals surface area contributed by atoms with Crippen molar-refractivity contribution in [3.63, 3.8) is 0 Å². The molecule has 26 heavy (non-hydrogen) atoms. The molecule has 0 aromatic heterocycles. The third-order valence-corrected chi connectivity index (χ3v) is 3.96. The van der Waals surface area contributed by atoms with Crippen LogP contribution in [-0.4, -0.2) is 31.1 Å². The van der Waals surface area contributed by atoms with E-state index in [2.05, 4.69) is 0 Å². The van der Waals surface area contributed by atoms with Crippen LogP contribution in [0.1, 0.15) is 43.9 Å². The summed E-state index contributed by atoms with van der Waals surface area (Å²) >= 11 is 0. The first-order valence-electron chi connectivity index (χ1n) is 8.62. The molecule has 144 valence electrons. The van der Waals surface area contributed by atoms with Gasteiger partial charge in [-0.3, -0.25) is 14.4 Å². The Hall–Kier alpha value is -2.57. The van der Waals surface area contributed by atoms with E-state index in [-0.39, 0.29) is 32.7 Å². The first-order chi connectivity index (χ1) is 12.3. The van der Waals surface area contributed by atoms with Crippen LogP contribution in [0.5, 0.6) is 0 Å². The van der Waals surface area contributed by atoms with Gasteiger partial charge in [0.25, 0.3) is 0 Å². The number of nitrogen functional groups attached to an aromatic ring is 1. The smallest absolute Gasteiger partial charge is 0.309 e. The third-order valence-electron chi connectivity index (χ3n) is 3.96. The SMILES string of the molecule is CCOC(=O)C[C@H](Cc1ccc(N)c(C)c1COC(C)=O)C(=O)OCC. The lowest BCUT2D eigenvalue weighted by molar-refractivity contribution is -0.154. The Kier molecular flexibility index (Phi) is 8.61. The van der Waals surface area contributed by atoms with Gasteiger partial charge in [0, 0.05) is 12.6 Å². The van der Waals surface area contributed by atoms with Crippen LogP contribution in [0.2, 0.25) is 0 Å². The van der Waals surface area contributed by atoms with Gasteiger partial charge in [-0.25, -0.2) is 0 Å². The lowest BCUT2D eigenvalue weighted by atomic mass is 9.91. The van der Waals surface area contributed by atoms with Crippen molar-refractivity contribution in [3.8, 4) is 0 Å². The van der Waals surface area contributed by atoms with Crippen molar-refractivity contribution < 1.29 is 28.6 Å². The van der Waals surface area contributed by atoms with E-state index in [4.69, 9.17) is 19.9 Å². The number of benzene rings is 1. The number of rotatable bonds is 9. The fourth-order valence-electron chi connectivity index (χ4n) is 2.58. The summed E-state index contributed by atoms with van der Waals surface area (Å²) < 4.78 is 15.2. The maximum atomic E-state index is 12.3. The number of hydrogen-bond acceptors (Lipinski definition) is 7. The highest BCUT2D eigenvalue weighted by atomic mass is 16.5. The van der Waals surface area contributed by atoms with Gasteiger partial charge in [-0.1, -0.05) is 6.07 Å². The third kappa shape index (κ3) is 6.38. The summed E-state index contributed by atoms with van der Waals surface area (Å²) in [5.74, 6) is -2.02. The van der Waals surface area contributed by atoms with E-state index in [1.807, 2.05) is 6.92 Å². The summed E-state index contributed by atoms with van der Waals surface area (Å²) in [5, 5.41) is 0. The molecule has 1 rings (SSSR count). The van der Waals surface area contributed by atoms with Crippen LogP contribution in [-0.2, 0) is 41.6 Å². The maximum Gasteiger partial charge on any atom is 0.309 e. The molecular formula is C19H27NO6. The molecule has 0 aliphatic carbocycles. The van der Waals surface area contributed by atoms with Gasteiger partial charge in [0.2, 0.25) is 0 Å². The van der Waals surface area contributed by atoms with Crippen LogP contribution >= 0.6 is 0 Å². The van der Waals surface area contributed by atoms with Crippen LogP contribution in [0.25, 0.3) is 0 Å². The molecule has 0 heterocycles. The van der Waals surface area contributed by atoms with Gasteiger partial charge in [-0.15, -0.1) is 0 Å². The Balaban J connectivity index is 3.11. The predicted octanol–water partition coefficient (Wildman–Crippen LogP) is 2.32. The maximum absolute atomic E-state index is 12.3. The zero-order valence-electron chi connectivity index (χ0n) is 15.8. The number of esters is 3. The second kappa shape index (κ2) is 10.4. The van der Waals surface area contributed by atoms with Crippen molar-refractivity contribution >= 4 is 23.6 Å². The molecular weight excluding hydrogens is 338 g/mol. The molecule has 0 spiro atoms. The highest BCUT2D eigenvalue weighted by molar-refractivity contribution is 5.80. The number of anilines is 1. The van der Waals surface area contributed by atoms with Crippen LogP contribution in [0.3, 0.4) is 0 Å². The van der Waals surface area contributed by atoms with Gasteiger partial charge < -0.3 is 19.9 Å². The zero-order chi connectivity index (χ0) is 19.7. The van der Waals surface area contributed by atoms with Crippen molar-refractivity contribution in [2.24, 2.45) is 5.92 Å². The summed E-state index contributed by atoms with van der Waals surface area (Å²) in [6.45, 7) is 7.07.